The van der Waals surface area contributed by atoms with Gasteiger partial charge in [-0.1, -0.05) is 194 Å². The number of hydrogen-bond donors (Lipinski definition) is 0. The van der Waals surface area contributed by atoms with Crippen LogP contribution in [0.2, 0.25) is 0 Å². The second-order valence-corrected chi connectivity index (χ2v) is 18.2. The Balaban J connectivity index is 1.03. The largest absolute Gasteiger partial charge is 0.309 e. The molecule has 2 heterocycles. The Hall–Kier alpha value is -8.50. The molecule has 0 fully saturated rings. The van der Waals surface area contributed by atoms with Gasteiger partial charge in [0, 0.05) is 53.4 Å². The molecule has 11 aromatic carbocycles. The molecule has 0 spiro atoms. The van der Waals surface area contributed by atoms with Gasteiger partial charge in [-0.15, -0.1) is 11.3 Å². The Kier molecular flexibility index (Phi) is 9.40. The monoisotopic (exact) mass is 870 g/mol. The Bertz CT molecular complexity index is 3970. The minimum atomic E-state index is 1.08. The molecule has 13 aromatic rings. The molecule has 0 aliphatic carbocycles. The van der Waals surface area contributed by atoms with Crippen molar-refractivity contribution in [3.8, 4) is 50.2 Å². The van der Waals surface area contributed by atoms with E-state index in [9.17, 15) is 0 Å². The minimum Gasteiger partial charge on any atom is -0.309 e. The number of thiophene rings is 1. The van der Waals surface area contributed by atoms with Crippen LogP contribution in [0.3, 0.4) is 0 Å². The maximum atomic E-state index is 2.48. The maximum absolute atomic E-state index is 2.48. The number of hydrogen-bond acceptors (Lipinski definition) is 2. The molecule has 314 valence electrons. The zero-order valence-electron chi connectivity index (χ0n) is 36.6. The summed E-state index contributed by atoms with van der Waals surface area (Å²) in [4.78, 5) is 2.48. The molecule has 2 aromatic heterocycles. The zero-order valence-corrected chi connectivity index (χ0v) is 37.4. The van der Waals surface area contributed by atoms with Gasteiger partial charge in [0.15, 0.2) is 0 Å². The van der Waals surface area contributed by atoms with Crippen LogP contribution in [-0.4, -0.2) is 4.57 Å². The maximum Gasteiger partial charge on any atom is 0.0541 e. The Morgan fingerprint density at radius 1 is 0.328 bits per heavy atom. The van der Waals surface area contributed by atoms with E-state index >= 15 is 0 Å². The Labute approximate surface area is 393 Å². The van der Waals surface area contributed by atoms with Crippen LogP contribution in [0, 0.1) is 0 Å². The highest BCUT2D eigenvalue weighted by molar-refractivity contribution is 7.26. The van der Waals surface area contributed by atoms with Gasteiger partial charge in [0.05, 0.1) is 22.4 Å². The zero-order chi connectivity index (χ0) is 44.3. The van der Waals surface area contributed by atoms with Crippen LogP contribution in [0.25, 0.3) is 103 Å². The lowest BCUT2D eigenvalue weighted by Gasteiger charge is -2.30. The summed E-state index contributed by atoms with van der Waals surface area (Å²) in [5.74, 6) is 0. The molecule has 0 saturated carbocycles. The Morgan fingerprint density at radius 3 is 1.69 bits per heavy atom. The number of anilines is 3. The first-order valence-corrected chi connectivity index (χ1v) is 23.7. The highest BCUT2D eigenvalue weighted by Crippen LogP contribution is 2.48. The van der Waals surface area contributed by atoms with E-state index in [1.807, 2.05) is 11.3 Å². The fourth-order valence-corrected chi connectivity index (χ4v) is 11.6. The van der Waals surface area contributed by atoms with Crippen molar-refractivity contribution in [1.29, 1.82) is 0 Å². The van der Waals surface area contributed by atoms with E-state index in [0.29, 0.717) is 0 Å². The van der Waals surface area contributed by atoms with Crippen LogP contribution in [0.4, 0.5) is 17.1 Å². The van der Waals surface area contributed by atoms with Gasteiger partial charge in [-0.3, -0.25) is 0 Å². The Morgan fingerprint density at radius 2 is 0.881 bits per heavy atom. The molecule has 13 rings (SSSR count). The molecule has 0 amide bonds. The summed E-state index contributed by atoms with van der Waals surface area (Å²) in [5.41, 5.74) is 16.4. The first-order chi connectivity index (χ1) is 33.3. The van der Waals surface area contributed by atoms with Crippen LogP contribution in [0.15, 0.2) is 255 Å². The number of fused-ring (bicyclic) bond motifs is 7. The molecular weight excluding hydrogens is 829 g/mol. The molecule has 0 unspecified atom stereocenters. The van der Waals surface area contributed by atoms with Crippen molar-refractivity contribution in [2.45, 2.75) is 0 Å². The summed E-state index contributed by atoms with van der Waals surface area (Å²) in [5, 5.41) is 7.53. The third kappa shape index (κ3) is 6.55. The third-order valence-electron chi connectivity index (χ3n) is 13.4. The van der Waals surface area contributed by atoms with Crippen LogP contribution in [-0.2, 0) is 0 Å². The lowest BCUT2D eigenvalue weighted by molar-refractivity contribution is 1.18. The van der Waals surface area contributed by atoms with E-state index < -0.39 is 0 Å². The molecule has 67 heavy (non-hydrogen) atoms. The summed E-state index contributed by atoms with van der Waals surface area (Å²) in [6.45, 7) is 0. The molecule has 3 heteroatoms. The molecule has 2 nitrogen and oxygen atoms in total. The van der Waals surface area contributed by atoms with E-state index in [1.165, 1.54) is 80.6 Å². The van der Waals surface area contributed by atoms with Crippen molar-refractivity contribution in [1.82, 2.24) is 4.57 Å². The molecule has 0 radical (unpaired) electrons. The number of rotatable bonds is 8. The third-order valence-corrected chi connectivity index (χ3v) is 14.6. The van der Waals surface area contributed by atoms with Crippen molar-refractivity contribution in [2.75, 3.05) is 4.90 Å². The average molecular weight is 871 g/mol. The number of aromatic nitrogens is 1. The van der Waals surface area contributed by atoms with E-state index in [4.69, 9.17) is 0 Å². The second kappa shape index (κ2) is 16.2. The van der Waals surface area contributed by atoms with E-state index in [0.717, 1.165) is 39.4 Å². The minimum absolute atomic E-state index is 1.08. The quantitative estimate of drug-likeness (QED) is 0.148. The summed E-state index contributed by atoms with van der Waals surface area (Å²) < 4.78 is 5.02. The van der Waals surface area contributed by atoms with E-state index in [2.05, 4.69) is 264 Å². The molecule has 0 bridgehead atoms. The van der Waals surface area contributed by atoms with Gasteiger partial charge in [0.25, 0.3) is 0 Å². The van der Waals surface area contributed by atoms with Gasteiger partial charge in [-0.2, -0.15) is 0 Å². The van der Waals surface area contributed by atoms with Crippen LogP contribution >= 0.6 is 11.3 Å². The first-order valence-electron chi connectivity index (χ1n) is 22.9. The molecule has 0 saturated heterocycles. The number of benzene rings is 11. The van der Waals surface area contributed by atoms with Gasteiger partial charge in [0.1, 0.15) is 0 Å². The fourth-order valence-electron chi connectivity index (χ4n) is 10.4. The summed E-state index contributed by atoms with van der Waals surface area (Å²) >= 11 is 1.88. The lowest BCUT2D eigenvalue weighted by Crippen LogP contribution is -2.12. The van der Waals surface area contributed by atoms with Crippen molar-refractivity contribution in [3.63, 3.8) is 0 Å². The normalized spacial score (nSPS) is 11.6. The van der Waals surface area contributed by atoms with Crippen molar-refractivity contribution >= 4 is 81.1 Å². The highest BCUT2D eigenvalue weighted by Gasteiger charge is 2.23. The number of nitrogens with zero attached hydrogens (tertiary/aromatic N) is 2. The smallest absolute Gasteiger partial charge is 0.0541 e. The average Bonchev–Trinajstić information content (AvgIpc) is 3.95. The van der Waals surface area contributed by atoms with E-state index in [1.54, 1.807) is 0 Å². The van der Waals surface area contributed by atoms with Crippen molar-refractivity contribution in [3.05, 3.63) is 255 Å². The second-order valence-electron chi connectivity index (χ2n) is 17.2. The fraction of sp³-hybridized carbons (Fsp3) is 0. The van der Waals surface area contributed by atoms with Gasteiger partial charge in [-0.05, 0) is 105 Å². The van der Waals surface area contributed by atoms with Gasteiger partial charge in [0.2, 0.25) is 0 Å². The van der Waals surface area contributed by atoms with Crippen molar-refractivity contribution in [2.24, 2.45) is 0 Å². The van der Waals surface area contributed by atoms with Gasteiger partial charge in [-0.25, -0.2) is 0 Å². The standard InChI is InChI=1S/C64H42N2S/c1-3-18-43(19-4-1)50-28-15-20-45-21-16-30-55(63(45)50)52-25-8-12-33-59(52)66(48-39-36-44(37-40-48)51-29-17-31-56-54-27-10-14-35-62(54)67-64(51)56)58-32-11-7-24-49(58)46-38-41-61-57(42-46)53-26-9-13-34-60(53)65(61)47-22-5-2-6-23-47/h1-42H. The summed E-state index contributed by atoms with van der Waals surface area (Å²) in [6.07, 6.45) is 0. The molecule has 0 atom stereocenters. The van der Waals surface area contributed by atoms with Crippen LogP contribution < -0.4 is 4.90 Å². The molecule has 0 aliphatic heterocycles. The lowest BCUT2D eigenvalue weighted by atomic mass is 9.90. The SMILES string of the molecule is c1ccc(-c2cccc3cccc(-c4ccccc4N(c4ccc(-c5cccc6c5sc5ccccc56)cc4)c4ccccc4-c4ccc5c(c4)c4ccccc4n5-c4ccccc4)c23)cc1. The van der Waals surface area contributed by atoms with E-state index in [-0.39, 0.29) is 0 Å². The predicted molar refractivity (Wildman–Crippen MR) is 288 cm³/mol. The molecule has 0 N–H and O–H groups in total. The van der Waals surface area contributed by atoms with Gasteiger partial charge >= 0.3 is 0 Å². The highest BCUT2D eigenvalue weighted by atomic mass is 32.1. The van der Waals surface area contributed by atoms with Gasteiger partial charge < -0.3 is 9.47 Å². The van der Waals surface area contributed by atoms with Crippen LogP contribution in [0.5, 0.6) is 0 Å². The number of para-hydroxylation sites is 4. The van der Waals surface area contributed by atoms with Crippen LogP contribution in [0.1, 0.15) is 0 Å². The molecule has 0 aliphatic rings. The first kappa shape index (κ1) is 38.9. The topological polar surface area (TPSA) is 8.17 Å². The summed E-state index contributed by atoms with van der Waals surface area (Å²) in [7, 11) is 0. The molecular formula is C64H42N2S. The van der Waals surface area contributed by atoms with Crippen molar-refractivity contribution < 1.29 is 0 Å². The predicted octanol–water partition coefficient (Wildman–Crippen LogP) is 18.4. The summed E-state index contributed by atoms with van der Waals surface area (Å²) in [6, 6.07) is 93.2.